The summed E-state index contributed by atoms with van der Waals surface area (Å²) < 4.78 is 10.6. The lowest BCUT2D eigenvalue weighted by molar-refractivity contribution is -0.124. The molecule has 3 rings (SSSR count). The zero-order valence-corrected chi connectivity index (χ0v) is 12.2. The van der Waals surface area contributed by atoms with Crippen molar-refractivity contribution in [2.75, 3.05) is 11.9 Å². The average Bonchev–Trinajstić information content (AvgIpc) is 2.90. The Kier molecular flexibility index (Phi) is 3.85. The van der Waals surface area contributed by atoms with E-state index in [4.69, 9.17) is 14.3 Å². The van der Waals surface area contributed by atoms with E-state index in [-0.39, 0.29) is 23.7 Å². The fourth-order valence-electron chi connectivity index (χ4n) is 2.71. The zero-order valence-electron chi connectivity index (χ0n) is 12.2. The van der Waals surface area contributed by atoms with Crippen molar-refractivity contribution < 1.29 is 23.8 Å². The predicted molar refractivity (Wildman–Crippen MR) is 79.9 cm³/mol. The van der Waals surface area contributed by atoms with Crippen molar-refractivity contribution in [3.63, 3.8) is 0 Å². The third kappa shape index (κ3) is 2.96. The Morgan fingerprint density at radius 1 is 1.32 bits per heavy atom. The molecule has 2 heterocycles. The van der Waals surface area contributed by atoms with Gasteiger partial charge in [0.05, 0.1) is 6.10 Å². The number of aromatic carboxylic acids is 1. The van der Waals surface area contributed by atoms with Gasteiger partial charge in [0.25, 0.3) is 0 Å². The lowest BCUT2D eigenvalue weighted by Crippen LogP contribution is -2.32. The first-order chi connectivity index (χ1) is 10.5. The summed E-state index contributed by atoms with van der Waals surface area (Å²) in [6.07, 6.45) is 1.52. The van der Waals surface area contributed by atoms with Crippen LogP contribution in [0.3, 0.4) is 0 Å². The highest BCUT2D eigenvalue weighted by Crippen LogP contribution is 2.25. The Hall–Kier alpha value is -2.34. The number of rotatable bonds is 3. The lowest BCUT2D eigenvalue weighted by Gasteiger charge is -2.26. The highest BCUT2D eigenvalue weighted by Gasteiger charge is 2.25. The van der Waals surface area contributed by atoms with E-state index in [1.165, 1.54) is 6.07 Å². The van der Waals surface area contributed by atoms with Crippen molar-refractivity contribution in [1.29, 1.82) is 0 Å². The van der Waals surface area contributed by atoms with Crippen LogP contribution >= 0.6 is 0 Å². The Bertz CT molecular complexity index is 720. The van der Waals surface area contributed by atoms with E-state index < -0.39 is 5.97 Å². The summed E-state index contributed by atoms with van der Waals surface area (Å²) in [5.41, 5.74) is 1.12. The number of furan rings is 1. The summed E-state index contributed by atoms with van der Waals surface area (Å²) >= 11 is 0. The van der Waals surface area contributed by atoms with Crippen molar-refractivity contribution >= 4 is 28.5 Å². The number of carbonyl (C=O) groups excluding carboxylic acids is 1. The van der Waals surface area contributed by atoms with Crippen LogP contribution in [0.4, 0.5) is 5.69 Å². The van der Waals surface area contributed by atoms with Crippen molar-refractivity contribution in [2.24, 2.45) is 5.92 Å². The molecule has 0 spiro atoms. The molecule has 0 radical (unpaired) electrons. The van der Waals surface area contributed by atoms with Crippen LogP contribution in [-0.4, -0.2) is 29.7 Å². The molecule has 0 saturated carbocycles. The summed E-state index contributed by atoms with van der Waals surface area (Å²) in [4.78, 5) is 23.2. The van der Waals surface area contributed by atoms with Gasteiger partial charge in [0.1, 0.15) is 5.58 Å². The second-order valence-corrected chi connectivity index (χ2v) is 5.56. The van der Waals surface area contributed by atoms with Gasteiger partial charge in [0, 0.05) is 23.6 Å². The largest absolute Gasteiger partial charge is 0.475 e. The fourth-order valence-corrected chi connectivity index (χ4v) is 2.71. The molecule has 22 heavy (non-hydrogen) atoms. The van der Waals surface area contributed by atoms with E-state index in [1.807, 2.05) is 6.92 Å². The highest BCUT2D eigenvalue weighted by atomic mass is 16.5. The third-order valence-electron chi connectivity index (χ3n) is 3.85. The van der Waals surface area contributed by atoms with Gasteiger partial charge in [-0.3, -0.25) is 4.79 Å². The molecule has 1 aromatic carbocycles. The van der Waals surface area contributed by atoms with Gasteiger partial charge in [-0.15, -0.1) is 0 Å². The maximum absolute atomic E-state index is 12.3. The van der Waals surface area contributed by atoms with Crippen LogP contribution in [0.1, 0.15) is 30.3 Å². The number of nitrogens with one attached hydrogen (secondary N) is 1. The number of hydrogen-bond acceptors (Lipinski definition) is 4. The Balaban J connectivity index is 1.75. The number of carbonyl (C=O) groups is 2. The van der Waals surface area contributed by atoms with E-state index in [1.54, 1.807) is 18.2 Å². The second kappa shape index (κ2) is 5.81. The van der Waals surface area contributed by atoms with Gasteiger partial charge in [0.15, 0.2) is 0 Å². The molecule has 6 heteroatoms. The molecule has 1 aliphatic heterocycles. The summed E-state index contributed by atoms with van der Waals surface area (Å²) in [6, 6.07) is 6.53. The Labute approximate surface area is 127 Å². The number of fused-ring (bicyclic) bond motifs is 1. The Morgan fingerprint density at radius 2 is 2.14 bits per heavy atom. The van der Waals surface area contributed by atoms with Crippen molar-refractivity contribution in [1.82, 2.24) is 0 Å². The number of amides is 1. The predicted octanol–water partition coefficient (Wildman–Crippen LogP) is 2.88. The van der Waals surface area contributed by atoms with Crippen LogP contribution in [0.15, 0.2) is 28.7 Å². The van der Waals surface area contributed by atoms with Crippen LogP contribution in [-0.2, 0) is 9.53 Å². The maximum Gasteiger partial charge on any atom is 0.371 e. The van der Waals surface area contributed by atoms with Gasteiger partial charge >= 0.3 is 5.97 Å². The smallest absolute Gasteiger partial charge is 0.371 e. The summed E-state index contributed by atoms with van der Waals surface area (Å²) in [5.74, 6) is -1.32. The first-order valence-corrected chi connectivity index (χ1v) is 7.22. The van der Waals surface area contributed by atoms with E-state index in [2.05, 4.69) is 5.32 Å². The van der Waals surface area contributed by atoms with Crippen LogP contribution in [0.25, 0.3) is 11.0 Å². The number of ether oxygens (including phenoxy) is 1. The molecule has 116 valence electrons. The number of hydrogen-bond donors (Lipinski definition) is 2. The van der Waals surface area contributed by atoms with Gasteiger partial charge in [-0.05, 0) is 44.0 Å². The van der Waals surface area contributed by atoms with E-state index in [9.17, 15) is 9.59 Å². The van der Waals surface area contributed by atoms with Gasteiger partial charge in [-0.25, -0.2) is 4.79 Å². The average molecular weight is 303 g/mol. The fraction of sp³-hybridized carbons (Fsp3) is 0.375. The van der Waals surface area contributed by atoms with Gasteiger partial charge in [-0.2, -0.15) is 0 Å². The summed E-state index contributed by atoms with van der Waals surface area (Å²) in [7, 11) is 0. The molecule has 2 atom stereocenters. The van der Waals surface area contributed by atoms with Gasteiger partial charge in [0.2, 0.25) is 11.7 Å². The normalized spacial score (nSPS) is 21.7. The van der Waals surface area contributed by atoms with Gasteiger partial charge < -0.3 is 19.6 Å². The standard InChI is InChI=1S/C16H17NO5/c1-9-6-10(4-5-21-9)15(18)17-12-2-3-13-11(7-12)8-14(22-13)16(19)20/h2-3,7-10H,4-6H2,1H3,(H,17,18)(H,19,20). The topological polar surface area (TPSA) is 88.8 Å². The van der Waals surface area contributed by atoms with Crippen molar-refractivity contribution in [2.45, 2.75) is 25.9 Å². The third-order valence-corrected chi connectivity index (χ3v) is 3.85. The molecule has 1 saturated heterocycles. The van der Waals surface area contributed by atoms with Crippen LogP contribution in [0, 0.1) is 5.92 Å². The minimum absolute atomic E-state index is 0.0311. The number of carboxylic acid groups (broad SMARTS) is 1. The zero-order chi connectivity index (χ0) is 15.7. The minimum atomic E-state index is -1.11. The molecule has 0 aliphatic carbocycles. The number of carboxylic acids is 1. The molecular weight excluding hydrogens is 286 g/mol. The van der Waals surface area contributed by atoms with Crippen LogP contribution < -0.4 is 5.32 Å². The molecule has 2 unspecified atom stereocenters. The molecule has 0 bridgehead atoms. The highest BCUT2D eigenvalue weighted by molar-refractivity contribution is 5.96. The monoisotopic (exact) mass is 303 g/mol. The van der Waals surface area contributed by atoms with Crippen LogP contribution in [0.2, 0.25) is 0 Å². The van der Waals surface area contributed by atoms with Crippen molar-refractivity contribution in [3.05, 3.63) is 30.0 Å². The molecule has 1 amide bonds. The molecule has 1 fully saturated rings. The number of benzene rings is 1. The molecule has 2 N–H and O–H groups in total. The molecular formula is C16H17NO5. The first kappa shape index (κ1) is 14.6. The second-order valence-electron chi connectivity index (χ2n) is 5.56. The molecule has 1 aromatic heterocycles. The first-order valence-electron chi connectivity index (χ1n) is 7.22. The Morgan fingerprint density at radius 3 is 2.86 bits per heavy atom. The lowest BCUT2D eigenvalue weighted by atomic mass is 9.95. The van der Waals surface area contributed by atoms with Gasteiger partial charge in [-0.1, -0.05) is 0 Å². The molecule has 6 nitrogen and oxygen atoms in total. The van der Waals surface area contributed by atoms with Crippen molar-refractivity contribution in [3.8, 4) is 0 Å². The number of anilines is 1. The minimum Gasteiger partial charge on any atom is -0.475 e. The molecule has 2 aromatic rings. The summed E-state index contributed by atoms with van der Waals surface area (Å²) in [5, 5.41) is 12.4. The summed E-state index contributed by atoms with van der Waals surface area (Å²) in [6.45, 7) is 2.56. The quantitative estimate of drug-likeness (QED) is 0.910. The maximum atomic E-state index is 12.3. The van der Waals surface area contributed by atoms with E-state index in [0.717, 1.165) is 0 Å². The van der Waals surface area contributed by atoms with Crippen LogP contribution in [0.5, 0.6) is 0 Å². The van der Waals surface area contributed by atoms with E-state index in [0.29, 0.717) is 36.1 Å². The molecule has 1 aliphatic rings. The SMILES string of the molecule is CC1CC(C(=O)Nc2ccc3oc(C(=O)O)cc3c2)CCO1. The van der Waals surface area contributed by atoms with E-state index >= 15 is 0 Å².